The maximum Gasteiger partial charge on any atom is 0.228 e. The van der Waals surface area contributed by atoms with Crippen LogP contribution in [0.15, 0.2) is 49.1 Å². The van der Waals surface area contributed by atoms with Gasteiger partial charge in [0.1, 0.15) is 5.75 Å². The predicted octanol–water partition coefficient (Wildman–Crippen LogP) is 3.22. The van der Waals surface area contributed by atoms with Crippen molar-refractivity contribution in [2.24, 2.45) is 0 Å². The quantitative estimate of drug-likeness (QED) is 0.665. The fourth-order valence-electron chi connectivity index (χ4n) is 3.98. The summed E-state index contributed by atoms with van der Waals surface area (Å²) in [6.45, 7) is 4.65. The highest BCUT2D eigenvalue weighted by Gasteiger charge is 2.26. The molecule has 0 N–H and O–H groups in total. The molecule has 5 heterocycles. The molecule has 3 aromatic rings. The summed E-state index contributed by atoms with van der Waals surface area (Å²) >= 11 is 0. The van der Waals surface area contributed by atoms with Gasteiger partial charge in [-0.2, -0.15) is 4.98 Å². The van der Waals surface area contributed by atoms with E-state index in [1.807, 2.05) is 24.5 Å². The molecule has 1 fully saturated rings. The molecule has 5 rings (SSSR count). The molecule has 7 nitrogen and oxygen atoms in total. The lowest BCUT2D eigenvalue weighted by Gasteiger charge is -2.30. The lowest BCUT2D eigenvalue weighted by Crippen LogP contribution is -2.32. The van der Waals surface area contributed by atoms with Crippen molar-refractivity contribution in [2.45, 2.75) is 32.4 Å². The van der Waals surface area contributed by atoms with Crippen LogP contribution >= 0.6 is 0 Å². The van der Waals surface area contributed by atoms with E-state index in [9.17, 15) is 0 Å². The molecule has 0 atom stereocenters. The molecule has 0 bridgehead atoms. The number of nitrogens with zero attached hydrogens (tertiary/aromatic N) is 6. The summed E-state index contributed by atoms with van der Waals surface area (Å²) in [6.07, 6.45) is 10.4. The lowest BCUT2D eigenvalue weighted by atomic mass is 10.1. The van der Waals surface area contributed by atoms with Crippen LogP contribution in [0, 0.1) is 0 Å². The first kappa shape index (κ1) is 18.0. The van der Waals surface area contributed by atoms with Gasteiger partial charge in [0.25, 0.3) is 0 Å². The van der Waals surface area contributed by atoms with Crippen molar-refractivity contribution in [1.82, 2.24) is 24.8 Å². The van der Waals surface area contributed by atoms with Crippen LogP contribution in [0.4, 0.5) is 5.95 Å². The molecule has 0 saturated carbocycles. The molecule has 7 heteroatoms. The topological polar surface area (TPSA) is 67.3 Å². The van der Waals surface area contributed by atoms with Gasteiger partial charge in [0, 0.05) is 56.9 Å². The predicted molar refractivity (Wildman–Crippen MR) is 110 cm³/mol. The SMILES string of the molecule is c1cncc(Oc2nc(N3CCCC3)nc3c2CCN(Cc2ccncc2)C3)c1. The van der Waals surface area contributed by atoms with E-state index >= 15 is 0 Å². The molecule has 0 aliphatic carbocycles. The summed E-state index contributed by atoms with van der Waals surface area (Å²) in [4.78, 5) is 22.7. The van der Waals surface area contributed by atoms with Crippen LogP contribution < -0.4 is 9.64 Å². The zero-order chi connectivity index (χ0) is 19.5. The van der Waals surface area contributed by atoms with Crippen molar-refractivity contribution >= 4 is 5.95 Å². The van der Waals surface area contributed by atoms with Crippen molar-refractivity contribution < 1.29 is 4.74 Å². The maximum absolute atomic E-state index is 6.16. The second-order valence-corrected chi connectivity index (χ2v) is 7.56. The van der Waals surface area contributed by atoms with Crippen LogP contribution in [0.2, 0.25) is 0 Å². The summed E-state index contributed by atoms with van der Waals surface area (Å²) < 4.78 is 6.16. The highest BCUT2D eigenvalue weighted by molar-refractivity contribution is 5.43. The molecule has 2 aliphatic rings. The molecular formula is C22H24N6O. The Hall–Kier alpha value is -3.06. The molecule has 0 unspecified atom stereocenters. The Labute approximate surface area is 170 Å². The molecule has 29 heavy (non-hydrogen) atoms. The van der Waals surface area contributed by atoms with Gasteiger partial charge in [0.2, 0.25) is 11.8 Å². The second-order valence-electron chi connectivity index (χ2n) is 7.56. The molecule has 0 radical (unpaired) electrons. The first-order valence-corrected chi connectivity index (χ1v) is 10.2. The van der Waals surface area contributed by atoms with Gasteiger partial charge in [-0.1, -0.05) is 0 Å². The number of anilines is 1. The number of hydrogen-bond donors (Lipinski definition) is 0. The van der Waals surface area contributed by atoms with Crippen molar-refractivity contribution in [1.29, 1.82) is 0 Å². The number of aromatic nitrogens is 4. The number of rotatable bonds is 5. The Kier molecular flexibility index (Phi) is 5.04. The van der Waals surface area contributed by atoms with Crippen LogP contribution in [0.3, 0.4) is 0 Å². The Morgan fingerprint density at radius 3 is 2.59 bits per heavy atom. The molecular weight excluding hydrogens is 364 g/mol. The van der Waals surface area contributed by atoms with E-state index in [-0.39, 0.29) is 0 Å². The summed E-state index contributed by atoms with van der Waals surface area (Å²) in [6, 6.07) is 7.93. The van der Waals surface area contributed by atoms with Crippen LogP contribution in [0.1, 0.15) is 29.7 Å². The van der Waals surface area contributed by atoms with Gasteiger partial charge in [-0.25, -0.2) is 4.98 Å². The molecule has 2 aliphatic heterocycles. The summed E-state index contributed by atoms with van der Waals surface area (Å²) in [5.41, 5.74) is 3.45. The summed E-state index contributed by atoms with van der Waals surface area (Å²) in [7, 11) is 0. The molecule has 1 saturated heterocycles. The largest absolute Gasteiger partial charge is 0.437 e. The lowest BCUT2D eigenvalue weighted by molar-refractivity contribution is 0.238. The Bertz CT molecular complexity index is 960. The summed E-state index contributed by atoms with van der Waals surface area (Å²) in [5, 5.41) is 0. The highest BCUT2D eigenvalue weighted by atomic mass is 16.5. The summed E-state index contributed by atoms with van der Waals surface area (Å²) in [5.74, 6) is 2.17. The number of fused-ring (bicyclic) bond motifs is 1. The second kappa shape index (κ2) is 8.13. The Morgan fingerprint density at radius 2 is 1.79 bits per heavy atom. The standard InChI is InChI=1S/C22H24N6O/c1-2-12-28(11-1)22-25-20-16-27(15-17-5-9-23-10-6-17)13-7-19(20)21(26-22)29-18-4-3-8-24-14-18/h3-6,8-10,14H,1-2,7,11-13,15-16H2. The Balaban J connectivity index is 1.45. The van der Waals surface area contributed by atoms with Gasteiger partial charge >= 0.3 is 0 Å². The minimum absolute atomic E-state index is 0.675. The molecule has 0 aromatic carbocycles. The monoisotopic (exact) mass is 388 g/mol. The third-order valence-corrected chi connectivity index (χ3v) is 5.49. The third kappa shape index (κ3) is 4.05. The van der Waals surface area contributed by atoms with Crippen molar-refractivity contribution in [3.8, 4) is 11.6 Å². The first-order chi connectivity index (χ1) is 14.3. The zero-order valence-corrected chi connectivity index (χ0v) is 16.4. The van der Waals surface area contributed by atoms with Crippen LogP contribution in [-0.2, 0) is 19.5 Å². The fourth-order valence-corrected chi connectivity index (χ4v) is 3.98. The average molecular weight is 388 g/mol. The van der Waals surface area contributed by atoms with Gasteiger partial charge in [0.15, 0.2) is 0 Å². The van der Waals surface area contributed by atoms with Gasteiger partial charge in [-0.3, -0.25) is 14.9 Å². The van der Waals surface area contributed by atoms with E-state index in [1.165, 1.54) is 18.4 Å². The van der Waals surface area contributed by atoms with Crippen molar-refractivity contribution in [3.63, 3.8) is 0 Å². The normalized spacial score (nSPS) is 16.6. The van der Waals surface area contributed by atoms with Gasteiger partial charge in [0.05, 0.1) is 11.9 Å². The van der Waals surface area contributed by atoms with Crippen LogP contribution in [-0.4, -0.2) is 44.5 Å². The average Bonchev–Trinajstić information content (AvgIpc) is 3.30. The van der Waals surface area contributed by atoms with E-state index in [0.29, 0.717) is 11.6 Å². The third-order valence-electron chi connectivity index (χ3n) is 5.49. The molecule has 0 amide bonds. The fraction of sp³-hybridized carbons (Fsp3) is 0.364. The van der Waals surface area contributed by atoms with E-state index < -0.39 is 0 Å². The van der Waals surface area contributed by atoms with Gasteiger partial charge in [-0.15, -0.1) is 0 Å². The van der Waals surface area contributed by atoms with Gasteiger partial charge in [-0.05, 0) is 49.1 Å². The zero-order valence-electron chi connectivity index (χ0n) is 16.4. The number of pyridine rings is 2. The minimum atomic E-state index is 0.675. The smallest absolute Gasteiger partial charge is 0.228 e. The molecule has 3 aromatic heterocycles. The van der Waals surface area contributed by atoms with Crippen molar-refractivity contribution in [2.75, 3.05) is 24.5 Å². The van der Waals surface area contributed by atoms with Gasteiger partial charge < -0.3 is 9.64 Å². The molecule has 148 valence electrons. The van der Waals surface area contributed by atoms with E-state index in [0.717, 1.165) is 56.4 Å². The maximum atomic E-state index is 6.16. The molecule has 0 spiro atoms. The number of hydrogen-bond acceptors (Lipinski definition) is 7. The number of ether oxygens (including phenoxy) is 1. The first-order valence-electron chi connectivity index (χ1n) is 10.2. The Morgan fingerprint density at radius 1 is 0.931 bits per heavy atom. The minimum Gasteiger partial charge on any atom is -0.437 e. The van der Waals surface area contributed by atoms with E-state index in [1.54, 1.807) is 12.4 Å². The van der Waals surface area contributed by atoms with E-state index in [2.05, 4.69) is 31.9 Å². The highest BCUT2D eigenvalue weighted by Crippen LogP contribution is 2.32. The van der Waals surface area contributed by atoms with Crippen LogP contribution in [0.25, 0.3) is 0 Å². The van der Waals surface area contributed by atoms with E-state index in [4.69, 9.17) is 14.7 Å². The van der Waals surface area contributed by atoms with Crippen LogP contribution in [0.5, 0.6) is 11.6 Å². The van der Waals surface area contributed by atoms with Crippen molar-refractivity contribution in [3.05, 3.63) is 65.9 Å².